The lowest BCUT2D eigenvalue weighted by Gasteiger charge is -2.20. The van der Waals surface area contributed by atoms with Crippen molar-refractivity contribution in [1.29, 1.82) is 0 Å². The lowest BCUT2D eigenvalue weighted by atomic mass is 10.2. The van der Waals surface area contributed by atoms with Crippen molar-refractivity contribution < 1.29 is 9.53 Å². The Kier molecular flexibility index (Phi) is 5.66. The standard InChI is InChI=1S/C20H22N2O2S/c1-2-3-13-21-19(23)14-22(20(21)25)17-9-11-18(12-10-17)24-15-16-7-5-4-6-8-16/h4-12H,2-3,13-15H2,1H3. The van der Waals surface area contributed by atoms with Crippen molar-refractivity contribution in [1.82, 2.24) is 4.90 Å². The van der Waals surface area contributed by atoms with E-state index < -0.39 is 0 Å². The van der Waals surface area contributed by atoms with Crippen LogP contribution in [-0.2, 0) is 11.4 Å². The predicted molar refractivity (Wildman–Crippen MR) is 104 cm³/mol. The minimum Gasteiger partial charge on any atom is -0.489 e. The fourth-order valence-electron chi connectivity index (χ4n) is 2.74. The maximum atomic E-state index is 12.2. The zero-order chi connectivity index (χ0) is 17.6. The third-order valence-electron chi connectivity index (χ3n) is 4.19. The Bertz CT molecular complexity index is 731. The number of amides is 1. The minimum atomic E-state index is 0.0721. The Hall–Kier alpha value is -2.40. The third-order valence-corrected chi connectivity index (χ3v) is 4.63. The molecule has 0 radical (unpaired) electrons. The van der Waals surface area contributed by atoms with Crippen LogP contribution in [0.4, 0.5) is 5.69 Å². The van der Waals surface area contributed by atoms with Gasteiger partial charge in [-0.05, 0) is 48.5 Å². The van der Waals surface area contributed by atoms with Gasteiger partial charge < -0.3 is 9.64 Å². The van der Waals surface area contributed by atoms with Crippen LogP contribution in [0.25, 0.3) is 0 Å². The molecule has 25 heavy (non-hydrogen) atoms. The van der Waals surface area contributed by atoms with Gasteiger partial charge in [-0.15, -0.1) is 0 Å². The number of hydrogen-bond acceptors (Lipinski definition) is 3. The second-order valence-corrected chi connectivity index (χ2v) is 6.40. The summed E-state index contributed by atoms with van der Waals surface area (Å²) in [5, 5.41) is 0.594. The van der Waals surface area contributed by atoms with Gasteiger partial charge in [-0.2, -0.15) is 0 Å². The molecule has 4 nitrogen and oxygen atoms in total. The highest BCUT2D eigenvalue weighted by Crippen LogP contribution is 2.24. The van der Waals surface area contributed by atoms with E-state index >= 15 is 0 Å². The van der Waals surface area contributed by atoms with Gasteiger partial charge in [0.15, 0.2) is 5.11 Å². The van der Waals surface area contributed by atoms with Crippen LogP contribution in [0.1, 0.15) is 25.3 Å². The Morgan fingerprint density at radius 2 is 1.80 bits per heavy atom. The van der Waals surface area contributed by atoms with Crippen LogP contribution >= 0.6 is 12.2 Å². The van der Waals surface area contributed by atoms with Crippen molar-refractivity contribution in [2.24, 2.45) is 0 Å². The summed E-state index contributed by atoms with van der Waals surface area (Å²) in [5.41, 5.74) is 2.05. The molecule has 1 heterocycles. The first-order chi connectivity index (χ1) is 12.2. The van der Waals surface area contributed by atoms with Crippen molar-refractivity contribution >= 4 is 28.9 Å². The van der Waals surface area contributed by atoms with Crippen LogP contribution in [0.3, 0.4) is 0 Å². The molecule has 130 valence electrons. The summed E-state index contributed by atoms with van der Waals surface area (Å²) in [6.07, 6.45) is 2.01. The molecule has 1 aliphatic heterocycles. The van der Waals surface area contributed by atoms with E-state index in [1.54, 1.807) is 4.90 Å². The second-order valence-electron chi connectivity index (χ2n) is 6.04. The molecule has 1 amide bonds. The summed E-state index contributed by atoms with van der Waals surface area (Å²) in [6, 6.07) is 17.8. The van der Waals surface area contributed by atoms with Gasteiger partial charge >= 0.3 is 0 Å². The maximum absolute atomic E-state index is 12.2. The van der Waals surface area contributed by atoms with Gasteiger partial charge in [0.25, 0.3) is 0 Å². The number of nitrogens with zero attached hydrogens (tertiary/aromatic N) is 2. The molecule has 0 aliphatic carbocycles. The maximum Gasteiger partial charge on any atom is 0.248 e. The topological polar surface area (TPSA) is 32.8 Å². The summed E-state index contributed by atoms with van der Waals surface area (Å²) in [7, 11) is 0. The predicted octanol–water partition coefficient (Wildman–Crippen LogP) is 4.00. The molecule has 0 aromatic heterocycles. The number of benzene rings is 2. The summed E-state index contributed by atoms with van der Waals surface area (Å²) in [6.45, 7) is 3.65. The average Bonchev–Trinajstić information content (AvgIpc) is 2.93. The van der Waals surface area contributed by atoms with Crippen LogP contribution in [0.15, 0.2) is 54.6 Å². The summed E-state index contributed by atoms with van der Waals surface area (Å²) < 4.78 is 5.80. The van der Waals surface area contributed by atoms with Crippen molar-refractivity contribution in [3.05, 3.63) is 60.2 Å². The molecule has 0 N–H and O–H groups in total. The van der Waals surface area contributed by atoms with Gasteiger partial charge in [-0.1, -0.05) is 43.7 Å². The van der Waals surface area contributed by atoms with Gasteiger partial charge in [0.05, 0.1) is 0 Å². The van der Waals surface area contributed by atoms with Crippen molar-refractivity contribution in [3.8, 4) is 5.75 Å². The summed E-state index contributed by atoms with van der Waals surface area (Å²) >= 11 is 5.48. The number of unbranched alkanes of at least 4 members (excludes halogenated alkanes) is 1. The van der Waals surface area contributed by atoms with Crippen molar-refractivity contribution in [2.45, 2.75) is 26.4 Å². The van der Waals surface area contributed by atoms with Gasteiger partial charge in [-0.3, -0.25) is 9.69 Å². The van der Waals surface area contributed by atoms with Gasteiger partial charge in [0.1, 0.15) is 18.9 Å². The van der Waals surface area contributed by atoms with E-state index in [-0.39, 0.29) is 5.91 Å². The first-order valence-electron chi connectivity index (χ1n) is 8.57. The highest BCUT2D eigenvalue weighted by atomic mass is 32.1. The Labute approximate surface area is 154 Å². The monoisotopic (exact) mass is 354 g/mol. The van der Waals surface area contributed by atoms with Crippen LogP contribution < -0.4 is 9.64 Å². The van der Waals surface area contributed by atoms with E-state index in [1.807, 2.05) is 59.5 Å². The molecule has 3 rings (SSSR count). The molecule has 2 aromatic rings. The Morgan fingerprint density at radius 1 is 1.08 bits per heavy atom. The fourth-order valence-corrected chi connectivity index (χ4v) is 3.11. The first kappa shape index (κ1) is 17.4. The van der Waals surface area contributed by atoms with Crippen LogP contribution in [0.2, 0.25) is 0 Å². The molecule has 0 bridgehead atoms. The zero-order valence-electron chi connectivity index (χ0n) is 14.4. The number of rotatable bonds is 7. The molecular weight excluding hydrogens is 332 g/mol. The highest BCUT2D eigenvalue weighted by Gasteiger charge is 2.32. The molecular formula is C20H22N2O2S. The molecule has 2 aromatic carbocycles. The average molecular weight is 354 g/mol. The first-order valence-corrected chi connectivity index (χ1v) is 8.98. The number of ether oxygens (including phenoxy) is 1. The third kappa shape index (κ3) is 4.17. The van der Waals surface area contributed by atoms with E-state index in [0.29, 0.717) is 24.8 Å². The van der Waals surface area contributed by atoms with E-state index in [9.17, 15) is 4.79 Å². The molecule has 0 saturated carbocycles. The van der Waals surface area contributed by atoms with Gasteiger partial charge in [0.2, 0.25) is 5.91 Å². The molecule has 0 unspecified atom stereocenters. The normalized spacial score (nSPS) is 14.3. The summed E-state index contributed by atoms with van der Waals surface area (Å²) in [4.78, 5) is 15.8. The van der Waals surface area contributed by atoms with Crippen LogP contribution in [-0.4, -0.2) is 29.0 Å². The number of carbonyl (C=O) groups is 1. The van der Waals surface area contributed by atoms with E-state index in [1.165, 1.54) is 0 Å². The molecule has 0 spiro atoms. The molecule has 1 aliphatic rings. The summed E-state index contributed by atoms with van der Waals surface area (Å²) in [5.74, 6) is 0.870. The number of hydrogen-bond donors (Lipinski definition) is 0. The van der Waals surface area contributed by atoms with E-state index in [4.69, 9.17) is 17.0 Å². The Morgan fingerprint density at radius 3 is 2.48 bits per heavy atom. The van der Waals surface area contributed by atoms with Gasteiger partial charge in [-0.25, -0.2) is 0 Å². The second kappa shape index (κ2) is 8.12. The van der Waals surface area contributed by atoms with Crippen LogP contribution in [0.5, 0.6) is 5.75 Å². The zero-order valence-corrected chi connectivity index (χ0v) is 15.2. The van der Waals surface area contributed by atoms with Crippen LogP contribution in [0, 0.1) is 0 Å². The van der Waals surface area contributed by atoms with Gasteiger partial charge in [0, 0.05) is 12.2 Å². The largest absolute Gasteiger partial charge is 0.489 e. The molecule has 5 heteroatoms. The smallest absolute Gasteiger partial charge is 0.248 e. The number of anilines is 1. The van der Waals surface area contributed by atoms with E-state index in [2.05, 4.69) is 6.92 Å². The molecule has 1 saturated heterocycles. The quantitative estimate of drug-likeness (QED) is 0.704. The number of thiocarbonyl (C=S) groups is 1. The number of carbonyl (C=O) groups excluding carboxylic acids is 1. The fraction of sp³-hybridized carbons (Fsp3) is 0.300. The minimum absolute atomic E-state index is 0.0721. The lowest BCUT2D eigenvalue weighted by Crippen LogP contribution is -2.33. The SMILES string of the molecule is CCCCN1C(=O)CN(c2ccc(OCc3ccccc3)cc2)C1=S. The molecule has 0 atom stereocenters. The molecule has 1 fully saturated rings. The van der Waals surface area contributed by atoms with Crippen molar-refractivity contribution in [3.63, 3.8) is 0 Å². The van der Waals surface area contributed by atoms with Crippen molar-refractivity contribution in [2.75, 3.05) is 18.0 Å². The highest BCUT2D eigenvalue weighted by molar-refractivity contribution is 7.80. The van der Waals surface area contributed by atoms with E-state index in [0.717, 1.165) is 29.8 Å². The lowest BCUT2D eigenvalue weighted by molar-refractivity contribution is -0.124. The Balaban J connectivity index is 1.62.